The van der Waals surface area contributed by atoms with Crippen LogP contribution in [-0.4, -0.2) is 51.5 Å². The lowest BCUT2D eigenvalue weighted by molar-refractivity contribution is -0.153. The zero-order chi connectivity index (χ0) is 14.0. The number of hydrogen-bond donors (Lipinski definition) is 1. The molecular formula is C13H21N3O3. The highest BCUT2D eigenvalue weighted by atomic mass is 16.5. The van der Waals surface area contributed by atoms with Crippen molar-refractivity contribution in [3.8, 4) is 0 Å². The quantitative estimate of drug-likeness (QED) is 0.875. The van der Waals surface area contributed by atoms with Gasteiger partial charge in [0.05, 0.1) is 12.8 Å². The molecule has 2 heterocycles. The lowest BCUT2D eigenvalue weighted by Crippen LogP contribution is -2.54. The molecule has 0 aliphatic carbocycles. The lowest BCUT2D eigenvalue weighted by Gasteiger charge is -2.42. The predicted molar refractivity (Wildman–Crippen MR) is 69.8 cm³/mol. The van der Waals surface area contributed by atoms with Crippen LogP contribution in [0.15, 0.2) is 12.4 Å². The van der Waals surface area contributed by atoms with Crippen molar-refractivity contribution < 1.29 is 14.6 Å². The van der Waals surface area contributed by atoms with Crippen molar-refractivity contribution in [1.29, 1.82) is 0 Å². The molecule has 1 aliphatic rings. The summed E-state index contributed by atoms with van der Waals surface area (Å²) in [5, 5.41) is 13.4. The third kappa shape index (κ3) is 2.79. The van der Waals surface area contributed by atoms with E-state index in [2.05, 4.69) is 5.10 Å². The van der Waals surface area contributed by atoms with Gasteiger partial charge in [0.2, 0.25) is 0 Å². The number of carboxylic acids is 1. The zero-order valence-corrected chi connectivity index (χ0v) is 11.7. The van der Waals surface area contributed by atoms with Crippen LogP contribution in [0.25, 0.3) is 0 Å². The van der Waals surface area contributed by atoms with E-state index in [1.54, 1.807) is 10.9 Å². The number of aliphatic carboxylic acids is 1. The molecule has 0 bridgehead atoms. The van der Waals surface area contributed by atoms with Crippen LogP contribution in [0, 0.1) is 0 Å². The predicted octanol–water partition coefficient (Wildman–Crippen LogP) is 0.831. The summed E-state index contributed by atoms with van der Waals surface area (Å²) in [6.07, 6.45) is 4.30. The van der Waals surface area contributed by atoms with Gasteiger partial charge in [-0.25, -0.2) is 0 Å². The summed E-state index contributed by atoms with van der Waals surface area (Å²) in [7, 11) is 1.86. The summed E-state index contributed by atoms with van der Waals surface area (Å²) >= 11 is 0. The molecule has 2 rings (SSSR count). The largest absolute Gasteiger partial charge is 0.480 e. The van der Waals surface area contributed by atoms with Crippen molar-refractivity contribution in [3.63, 3.8) is 0 Å². The topological polar surface area (TPSA) is 67.6 Å². The summed E-state index contributed by atoms with van der Waals surface area (Å²) in [5.41, 5.74) is 0.495. The molecule has 1 aromatic rings. The van der Waals surface area contributed by atoms with E-state index in [1.165, 1.54) is 0 Å². The van der Waals surface area contributed by atoms with Crippen molar-refractivity contribution in [2.75, 3.05) is 19.7 Å². The molecule has 0 spiro atoms. The molecule has 106 valence electrons. The molecule has 19 heavy (non-hydrogen) atoms. The lowest BCUT2D eigenvalue weighted by atomic mass is 9.95. The van der Waals surface area contributed by atoms with Crippen molar-refractivity contribution in [2.24, 2.45) is 7.05 Å². The first-order valence-corrected chi connectivity index (χ1v) is 6.56. The van der Waals surface area contributed by atoms with Crippen LogP contribution < -0.4 is 0 Å². The molecule has 1 N–H and O–H groups in total. The molecule has 1 saturated heterocycles. The Bertz CT molecular complexity index is 460. The molecule has 2 atom stereocenters. The Labute approximate surface area is 113 Å². The third-order valence-corrected chi connectivity index (χ3v) is 3.73. The first kappa shape index (κ1) is 14.0. The van der Waals surface area contributed by atoms with Gasteiger partial charge in [0, 0.05) is 31.9 Å². The SMILES string of the molecule is CCC(C(=O)O)N1CCOC(C)(c2cnn(C)c2)C1. The number of aryl methyl sites for hydroxylation is 1. The Morgan fingerprint density at radius 1 is 1.68 bits per heavy atom. The number of nitrogens with zero attached hydrogens (tertiary/aromatic N) is 3. The minimum absolute atomic E-state index is 0.445. The summed E-state index contributed by atoms with van der Waals surface area (Å²) in [4.78, 5) is 13.3. The van der Waals surface area contributed by atoms with E-state index in [-0.39, 0.29) is 0 Å². The van der Waals surface area contributed by atoms with Crippen LogP contribution in [0.1, 0.15) is 25.8 Å². The summed E-state index contributed by atoms with van der Waals surface area (Å²) < 4.78 is 7.62. The first-order chi connectivity index (χ1) is 8.96. The number of morpholine rings is 1. The van der Waals surface area contributed by atoms with Gasteiger partial charge in [-0.3, -0.25) is 14.4 Å². The summed E-state index contributed by atoms with van der Waals surface area (Å²) in [6, 6.07) is -0.445. The van der Waals surface area contributed by atoms with Gasteiger partial charge in [-0.05, 0) is 13.3 Å². The molecule has 2 unspecified atom stereocenters. The van der Waals surface area contributed by atoms with Crippen LogP contribution in [0.4, 0.5) is 0 Å². The van der Waals surface area contributed by atoms with Crippen molar-refractivity contribution in [1.82, 2.24) is 14.7 Å². The fourth-order valence-corrected chi connectivity index (χ4v) is 2.62. The smallest absolute Gasteiger partial charge is 0.320 e. The molecule has 6 nitrogen and oxygen atoms in total. The van der Waals surface area contributed by atoms with E-state index in [4.69, 9.17) is 4.74 Å². The molecule has 0 saturated carbocycles. The van der Waals surface area contributed by atoms with Crippen LogP contribution in [0.5, 0.6) is 0 Å². The Balaban J connectivity index is 2.18. The highest BCUT2D eigenvalue weighted by Crippen LogP contribution is 2.30. The van der Waals surface area contributed by atoms with E-state index >= 15 is 0 Å². The van der Waals surface area contributed by atoms with Crippen LogP contribution in [0.2, 0.25) is 0 Å². The normalized spacial score (nSPS) is 26.3. The monoisotopic (exact) mass is 267 g/mol. The number of hydrogen-bond acceptors (Lipinski definition) is 4. The second kappa shape index (κ2) is 5.30. The highest BCUT2D eigenvalue weighted by Gasteiger charge is 2.38. The molecule has 1 fully saturated rings. The zero-order valence-electron chi connectivity index (χ0n) is 11.7. The molecule has 1 aromatic heterocycles. The van der Waals surface area contributed by atoms with E-state index in [1.807, 2.05) is 32.0 Å². The van der Waals surface area contributed by atoms with Gasteiger partial charge in [-0.1, -0.05) is 6.92 Å². The Morgan fingerprint density at radius 2 is 2.42 bits per heavy atom. The number of carboxylic acid groups (broad SMARTS) is 1. The minimum atomic E-state index is -0.766. The van der Waals surface area contributed by atoms with Gasteiger partial charge in [0.1, 0.15) is 11.6 Å². The number of aromatic nitrogens is 2. The molecule has 0 aromatic carbocycles. The highest BCUT2D eigenvalue weighted by molar-refractivity contribution is 5.73. The van der Waals surface area contributed by atoms with E-state index < -0.39 is 17.6 Å². The molecule has 0 radical (unpaired) electrons. The Morgan fingerprint density at radius 3 is 2.95 bits per heavy atom. The van der Waals surface area contributed by atoms with Gasteiger partial charge >= 0.3 is 5.97 Å². The van der Waals surface area contributed by atoms with Gasteiger partial charge in [0.15, 0.2) is 0 Å². The molecular weight excluding hydrogens is 246 g/mol. The van der Waals surface area contributed by atoms with Crippen LogP contribution in [0.3, 0.4) is 0 Å². The Kier molecular flexibility index (Phi) is 3.91. The maximum atomic E-state index is 11.3. The van der Waals surface area contributed by atoms with Crippen molar-refractivity contribution in [3.05, 3.63) is 18.0 Å². The van der Waals surface area contributed by atoms with Gasteiger partial charge < -0.3 is 9.84 Å². The maximum absolute atomic E-state index is 11.3. The fourth-order valence-electron chi connectivity index (χ4n) is 2.62. The fraction of sp³-hybridized carbons (Fsp3) is 0.692. The summed E-state index contributed by atoms with van der Waals surface area (Å²) in [5.74, 6) is -0.766. The standard InChI is InChI=1S/C13H21N3O3/c1-4-11(12(17)18)16-5-6-19-13(2,9-16)10-7-14-15(3)8-10/h7-8,11H,4-6,9H2,1-3H3,(H,17,18). The third-order valence-electron chi connectivity index (χ3n) is 3.73. The first-order valence-electron chi connectivity index (χ1n) is 6.56. The molecule has 6 heteroatoms. The van der Waals surface area contributed by atoms with Gasteiger partial charge in [-0.15, -0.1) is 0 Å². The van der Waals surface area contributed by atoms with Crippen LogP contribution in [-0.2, 0) is 22.2 Å². The second-order valence-electron chi connectivity index (χ2n) is 5.21. The van der Waals surface area contributed by atoms with Gasteiger partial charge in [-0.2, -0.15) is 5.10 Å². The average Bonchev–Trinajstić information content (AvgIpc) is 2.77. The van der Waals surface area contributed by atoms with Crippen molar-refractivity contribution >= 4 is 5.97 Å². The van der Waals surface area contributed by atoms with Crippen molar-refractivity contribution in [2.45, 2.75) is 31.9 Å². The van der Waals surface area contributed by atoms with E-state index in [0.717, 1.165) is 5.56 Å². The van der Waals surface area contributed by atoms with Crippen LogP contribution >= 0.6 is 0 Å². The maximum Gasteiger partial charge on any atom is 0.320 e. The minimum Gasteiger partial charge on any atom is -0.480 e. The summed E-state index contributed by atoms with van der Waals surface area (Å²) in [6.45, 7) is 5.65. The van der Waals surface area contributed by atoms with E-state index in [0.29, 0.717) is 26.1 Å². The molecule has 0 amide bonds. The Hall–Kier alpha value is -1.40. The number of ether oxygens (including phenoxy) is 1. The second-order valence-corrected chi connectivity index (χ2v) is 5.21. The number of carbonyl (C=O) groups is 1. The van der Waals surface area contributed by atoms with Gasteiger partial charge in [0.25, 0.3) is 0 Å². The molecule has 1 aliphatic heterocycles. The average molecular weight is 267 g/mol. The van der Waals surface area contributed by atoms with E-state index in [9.17, 15) is 9.90 Å². The number of rotatable bonds is 4.